The van der Waals surface area contributed by atoms with Gasteiger partial charge in [0.05, 0.1) is 5.92 Å². The first kappa shape index (κ1) is 15.5. The molecular formula is C14H23NO4. The number of nitrogens with zero attached hydrogens (tertiary/aromatic N) is 1. The maximum Gasteiger partial charge on any atom is 0.410 e. The lowest BCUT2D eigenvalue weighted by molar-refractivity contribution is -0.149. The number of carbonyl (C=O) groups is 2. The van der Waals surface area contributed by atoms with Crippen molar-refractivity contribution in [1.82, 2.24) is 4.90 Å². The fourth-order valence-electron chi connectivity index (χ4n) is 3.14. The molecule has 1 aliphatic heterocycles. The minimum Gasteiger partial charge on any atom is -0.481 e. The van der Waals surface area contributed by atoms with Crippen molar-refractivity contribution >= 4 is 12.1 Å². The number of likely N-dealkylation sites (tertiary alicyclic amines) is 1. The van der Waals surface area contributed by atoms with Crippen LogP contribution in [-0.4, -0.2) is 39.8 Å². The minimum atomic E-state index is -0.805. The van der Waals surface area contributed by atoms with Crippen molar-refractivity contribution in [3.63, 3.8) is 0 Å². The standard InChI is InChI=1S/C14H23NO4/c1-6-7-19-12(18)15-13(2,3)8-10(11(16)17)9-14(15,4)5/h6,10H,1,7-9H2,2-5H3,(H,16,17). The van der Waals surface area contributed by atoms with Crippen LogP contribution in [0.1, 0.15) is 40.5 Å². The van der Waals surface area contributed by atoms with Crippen molar-refractivity contribution < 1.29 is 19.4 Å². The Morgan fingerprint density at radius 1 is 1.32 bits per heavy atom. The molecule has 0 aromatic carbocycles. The Labute approximate surface area is 114 Å². The van der Waals surface area contributed by atoms with Gasteiger partial charge >= 0.3 is 12.1 Å². The maximum absolute atomic E-state index is 12.2. The summed E-state index contributed by atoms with van der Waals surface area (Å²) in [6.07, 6.45) is 1.95. The van der Waals surface area contributed by atoms with Crippen molar-refractivity contribution in [2.45, 2.75) is 51.6 Å². The van der Waals surface area contributed by atoms with Crippen molar-refractivity contribution in [1.29, 1.82) is 0 Å². The van der Waals surface area contributed by atoms with Gasteiger partial charge in [0.25, 0.3) is 0 Å². The molecule has 1 fully saturated rings. The van der Waals surface area contributed by atoms with Crippen molar-refractivity contribution in [3.05, 3.63) is 12.7 Å². The zero-order chi connectivity index (χ0) is 14.8. The number of aliphatic carboxylic acids is 1. The number of rotatable bonds is 3. The Balaban J connectivity index is 2.99. The Morgan fingerprint density at radius 2 is 1.79 bits per heavy atom. The summed E-state index contributed by atoms with van der Waals surface area (Å²) in [7, 11) is 0. The molecule has 1 aliphatic rings. The minimum absolute atomic E-state index is 0.157. The number of amides is 1. The summed E-state index contributed by atoms with van der Waals surface area (Å²) in [5.41, 5.74) is -1.11. The zero-order valence-corrected chi connectivity index (χ0v) is 12.1. The number of piperidine rings is 1. The summed E-state index contributed by atoms with van der Waals surface area (Å²) in [6, 6.07) is 0. The quantitative estimate of drug-likeness (QED) is 0.800. The molecule has 0 aliphatic carbocycles. The third-order valence-corrected chi connectivity index (χ3v) is 3.56. The van der Waals surface area contributed by atoms with Crippen LogP contribution in [0.4, 0.5) is 4.79 Å². The van der Waals surface area contributed by atoms with Gasteiger partial charge in [0.2, 0.25) is 0 Å². The highest BCUT2D eigenvalue weighted by molar-refractivity contribution is 5.73. The molecule has 0 spiro atoms. The summed E-state index contributed by atoms with van der Waals surface area (Å²) in [4.78, 5) is 25.1. The van der Waals surface area contributed by atoms with E-state index in [1.165, 1.54) is 6.08 Å². The number of carboxylic acid groups (broad SMARTS) is 1. The van der Waals surface area contributed by atoms with Gasteiger partial charge in [0.1, 0.15) is 6.61 Å². The van der Waals surface area contributed by atoms with Gasteiger partial charge in [-0.15, -0.1) is 0 Å². The predicted molar refractivity (Wildman–Crippen MR) is 71.9 cm³/mol. The molecule has 0 atom stereocenters. The molecular weight excluding hydrogens is 246 g/mol. The Hall–Kier alpha value is -1.52. The largest absolute Gasteiger partial charge is 0.481 e. The fourth-order valence-corrected chi connectivity index (χ4v) is 3.14. The van der Waals surface area contributed by atoms with E-state index in [0.29, 0.717) is 12.8 Å². The second kappa shape index (κ2) is 5.23. The van der Waals surface area contributed by atoms with Gasteiger partial charge in [0, 0.05) is 11.1 Å². The van der Waals surface area contributed by atoms with Crippen LogP contribution in [0.3, 0.4) is 0 Å². The summed E-state index contributed by atoms with van der Waals surface area (Å²) in [5.74, 6) is -1.24. The van der Waals surface area contributed by atoms with Crippen molar-refractivity contribution in [2.24, 2.45) is 5.92 Å². The van der Waals surface area contributed by atoms with E-state index in [4.69, 9.17) is 4.74 Å². The lowest BCUT2D eigenvalue weighted by Gasteiger charge is -2.53. The number of carboxylic acids is 1. The van der Waals surface area contributed by atoms with Gasteiger partial charge in [-0.05, 0) is 40.5 Å². The summed E-state index contributed by atoms with van der Waals surface area (Å²) in [6.45, 7) is 11.2. The van der Waals surface area contributed by atoms with E-state index in [9.17, 15) is 14.7 Å². The maximum atomic E-state index is 12.2. The normalized spacial score (nSPS) is 21.8. The molecule has 1 N–H and O–H groups in total. The van der Waals surface area contributed by atoms with E-state index >= 15 is 0 Å². The van der Waals surface area contributed by atoms with E-state index in [1.807, 2.05) is 27.7 Å². The molecule has 5 heteroatoms. The van der Waals surface area contributed by atoms with Crippen LogP contribution in [-0.2, 0) is 9.53 Å². The van der Waals surface area contributed by atoms with E-state index in [2.05, 4.69) is 6.58 Å². The van der Waals surface area contributed by atoms with Gasteiger partial charge in [-0.25, -0.2) is 4.79 Å². The lowest BCUT2D eigenvalue weighted by Crippen LogP contribution is -2.63. The molecule has 19 heavy (non-hydrogen) atoms. The van der Waals surface area contributed by atoms with Gasteiger partial charge in [-0.2, -0.15) is 0 Å². The first-order valence-electron chi connectivity index (χ1n) is 6.42. The van der Waals surface area contributed by atoms with Crippen LogP contribution >= 0.6 is 0 Å². The highest BCUT2D eigenvalue weighted by Crippen LogP contribution is 2.41. The molecule has 5 nitrogen and oxygen atoms in total. The lowest BCUT2D eigenvalue weighted by atomic mass is 9.74. The van der Waals surface area contributed by atoms with Crippen molar-refractivity contribution in [3.8, 4) is 0 Å². The average Bonchev–Trinajstić information content (AvgIpc) is 2.22. The van der Waals surface area contributed by atoms with Gasteiger partial charge in [0.15, 0.2) is 0 Å². The van der Waals surface area contributed by atoms with E-state index in [1.54, 1.807) is 4.90 Å². The third-order valence-electron chi connectivity index (χ3n) is 3.56. The van der Waals surface area contributed by atoms with E-state index in [0.717, 1.165) is 0 Å². The van der Waals surface area contributed by atoms with Crippen molar-refractivity contribution in [2.75, 3.05) is 6.61 Å². The second-order valence-corrected chi connectivity index (χ2v) is 6.27. The SMILES string of the molecule is C=CCOC(=O)N1C(C)(C)CC(C(=O)O)CC1(C)C. The Kier molecular flexibility index (Phi) is 4.28. The van der Waals surface area contributed by atoms with Crippen LogP contribution in [0.2, 0.25) is 0 Å². The Morgan fingerprint density at radius 3 is 2.16 bits per heavy atom. The highest BCUT2D eigenvalue weighted by atomic mass is 16.6. The fraction of sp³-hybridized carbons (Fsp3) is 0.714. The molecule has 0 radical (unpaired) electrons. The third kappa shape index (κ3) is 3.28. The van der Waals surface area contributed by atoms with E-state index < -0.39 is 29.1 Å². The highest BCUT2D eigenvalue weighted by Gasteiger charge is 2.50. The van der Waals surface area contributed by atoms with Gasteiger partial charge in [-0.3, -0.25) is 9.69 Å². The van der Waals surface area contributed by atoms with Crippen LogP contribution in [0.25, 0.3) is 0 Å². The molecule has 0 aromatic heterocycles. The molecule has 1 amide bonds. The molecule has 0 unspecified atom stereocenters. The molecule has 108 valence electrons. The number of carbonyl (C=O) groups excluding carboxylic acids is 1. The molecule has 0 aromatic rings. The molecule has 1 saturated heterocycles. The van der Waals surface area contributed by atoms with Crippen LogP contribution in [0.5, 0.6) is 0 Å². The number of hydrogen-bond donors (Lipinski definition) is 1. The molecule has 1 rings (SSSR count). The summed E-state index contributed by atoms with van der Waals surface area (Å²) >= 11 is 0. The Bertz CT molecular complexity index is 369. The average molecular weight is 269 g/mol. The van der Waals surface area contributed by atoms with E-state index in [-0.39, 0.29) is 6.61 Å². The second-order valence-electron chi connectivity index (χ2n) is 6.27. The van der Waals surface area contributed by atoms with Gasteiger partial charge in [-0.1, -0.05) is 12.7 Å². The van der Waals surface area contributed by atoms with Gasteiger partial charge < -0.3 is 9.84 Å². The predicted octanol–water partition coefficient (Wildman–Crippen LogP) is 2.66. The monoisotopic (exact) mass is 269 g/mol. The molecule has 1 heterocycles. The summed E-state index contributed by atoms with van der Waals surface area (Å²) in [5, 5.41) is 9.22. The molecule has 0 bridgehead atoms. The smallest absolute Gasteiger partial charge is 0.410 e. The number of hydrogen-bond acceptors (Lipinski definition) is 3. The summed E-state index contributed by atoms with van der Waals surface area (Å²) < 4.78 is 5.12. The van der Waals surface area contributed by atoms with Crippen LogP contribution in [0, 0.1) is 5.92 Å². The first-order chi connectivity index (χ1) is 8.62. The van der Waals surface area contributed by atoms with Crippen LogP contribution < -0.4 is 0 Å². The topological polar surface area (TPSA) is 66.8 Å². The zero-order valence-electron chi connectivity index (χ0n) is 12.1. The first-order valence-corrected chi connectivity index (χ1v) is 6.42. The van der Waals surface area contributed by atoms with Crippen LogP contribution in [0.15, 0.2) is 12.7 Å². The molecule has 0 saturated carbocycles. The number of ether oxygens (including phenoxy) is 1.